The number of alkyl halides is 3. The quantitative estimate of drug-likeness (QED) is 0.375. The first-order chi connectivity index (χ1) is 16.8. The molecule has 35 heavy (non-hydrogen) atoms. The van der Waals surface area contributed by atoms with E-state index < -0.39 is 17.8 Å². The van der Waals surface area contributed by atoms with E-state index in [0.717, 1.165) is 30.4 Å². The number of halogens is 3. The van der Waals surface area contributed by atoms with Crippen LogP contribution in [0.25, 0.3) is 22.0 Å². The van der Waals surface area contributed by atoms with Gasteiger partial charge in [-0.05, 0) is 31.9 Å². The Morgan fingerprint density at radius 3 is 2.89 bits per heavy atom. The molecule has 0 aromatic carbocycles. The van der Waals surface area contributed by atoms with E-state index in [1.165, 1.54) is 5.38 Å². The zero-order valence-electron chi connectivity index (χ0n) is 18.4. The molecule has 0 unspecified atom stereocenters. The molecule has 0 radical (unpaired) electrons. The summed E-state index contributed by atoms with van der Waals surface area (Å²) in [5.41, 5.74) is 0.195. The summed E-state index contributed by atoms with van der Waals surface area (Å²) in [7, 11) is 0. The van der Waals surface area contributed by atoms with Crippen molar-refractivity contribution in [1.82, 2.24) is 29.9 Å². The van der Waals surface area contributed by atoms with Crippen LogP contribution in [-0.4, -0.2) is 48.6 Å². The number of carbonyl (C=O) groups is 1. The Morgan fingerprint density at radius 2 is 2.17 bits per heavy atom. The number of amides is 1. The topological polar surface area (TPSA) is 111 Å². The van der Waals surface area contributed by atoms with Crippen molar-refractivity contribution in [1.29, 1.82) is 0 Å². The average Bonchev–Trinajstić information content (AvgIpc) is 3.55. The molecular weight excluding hydrogens is 483 g/mol. The normalized spacial score (nSPS) is 17.8. The number of anilines is 1. The van der Waals surface area contributed by atoms with Crippen molar-refractivity contribution in [3.63, 3.8) is 0 Å². The third-order valence-electron chi connectivity index (χ3n) is 5.61. The highest BCUT2D eigenvalue weighted by molar-refractivity contribution is 7.13. The minimum Gasteiger partial charge on any atom is -0.378 e. The van der Waals surface area contributed by atoms with Crippen molar-refractivity contribution >= 4 is 22.9 Å². The molecule has 0 saturated heterocycles. The molecule has 1 amide bonds. The number of aromatic amines is 1. The number of aromatic nitrogens is 6. The fourth-order valence-corrected chi connectivity index (χ4v) is 4.66. The molecule has 1 aliphatic carbocycles. The second-order valence-corrected chi connectivity index (χ2v) is 8.78. The van der Waals surface area contributed by atoms with E-state index in [1.807, 2.05) is 13.0 Å². The van der Waals surface area contributed by atoms with E-state index in [9.17, 15) is 18.0 Å². The minimum atomic E-state index is -4.64. The van der Waals surface area contributed by atoms with Crippen molar-refractivity contribution in [3.8, 4) is 22.0 Å². The molecule has 1 saturated carbocycles. The van der Waals surface area contributed by atoms with Crippen LogP contribution in [0.5, 0.6) is 0 Å². The van der Waals surface area contributed by atoms with Crippen LogP contribution in [-0.2, 0) is 10.9 Å². The van der Waals surface area contributed by atoms with Gasteiger partial charge in [0.1, 0.15) is 16.4 Å². The molecule has 182 valence electrons. The Labute approximate surface area is 201 Å². The predicted octanol–water partition coefficient (Wildman–Crippen LogP) is 4.80. The van der Waals surface area contributed by atoms with Crippen molar-refractivity contribution in [3.05, 3.63) is 53.6 Å². The first-order valence-electron chi connectivity index (χ1n) is 10.8. The number of hydrogen-bond donors (Lipinski definition) is 2. The van der Waals surface area contributed by atoms with Crippen molar-refractivity contribution in [2.24, 2.45) is 0 Å². The van der Waals surface area contributed by atoms with Crippen LogP contribution < -0.4 is 5.32 Å². The lowest BCUT2D eigenvalue weighted by Crippen LogP contribution is -2.33. The van der Waals surface area contributed by atoms with Gasteiger partial charge >= 0.3 is 6.18 Å². The van der Waals surface area contributed by atoms with Gasteiger partial charge in [-0.1, -0.05) is 6.07 Å². The summed E-state index contributed by atoms with van der Waals surface area (Å²) in [5.74, 6) is -0.568. The molecule has 0 aliphatic heterocycles. The summed E-state index contributed by atoms with van der Waals surface area (Å²) in [5, 5.41) is 14.4. The number of thiazole rings is 1. The first-order valence-corrected chi connectivity index (χ1v) is 11.7. The molecule has 4 heterocycles. The van der Waals surface area contributed by atoms with Gasteiger partial charge in [-0.15, -0.1) is 11.3 Å². The molecule has 2 N–H and O–H groups in total. The predicted molar refractivity (Wildman–Crippen MR) is 122 cm³/mol. The van der Waals surface area contributed by atoms with Crippen LogP contribution in [0.3, 0.4) is 0 Å². The molecular formula is C22H20F3N7O2S. The maximum absolute atomic E-state index is 13.2. The fraction of sp³-hybridized carbons (Fsp3) is 0.318. The standard InChI is InChI=1S/C22H20F3N7O2S/c1-2-34-13-7-12(8-13)32-10-16(18(31-32)15-5-3-4-6-26-15)28-20(33)17-11-35-21(29-17)14-9-27-30-19(14)22(23,24)25/h3-6,9-13H,2,7-8H2,1H3,(H,27,30)(H,28,33)/t12-,13-. The van der Waals surface area contributed by atoms with Crippen LogP contribution >= 0.6 is 11.3 Å². The average molecular weight is 504 g/mol. The Hall–Kier alpha value is -3.58. The van der Waals surface area contributed by atoms with Crippen molar-refractivity contribution in [2.45, 2.75) is 38.1 Å². The Morgan fingerprint density at radius 1 is 1.34 bits per heavy atom. The highest BCUT2D eigenvalue weighted by atomic mass is 32.1. The van der Waals surface area contributed by atoms with Crippen LogP contribution in [0.1, 0.15) is 42.0 Å². The lowest BCUT2D eigenvalue weighted by atomic mass is 9.89. The smallest absolute Gasteiger partial charge is 0.378 e. The number of nitrogens with zero attached hydrogens (tertiary/aromatic N) is 5. The van der Waals surface area contributed by atoms with E-state index >= 15 is 0 Å². The molecule has 0 bridgehead atoms. The molecule has 5 rings (SSSR count). The van der Waals surface area contributed by atoms with Gasteiger partial charge in [0.25, 0.3) is 5.91 Å². The van der Waals surface area contributed by atoms with Gasteiger partial charge in [-0.3, -0.25) is 19.6 Å². The van der Waals surface area contributed by atoms with Crippen LogP contribution in [0, 0.1) is 0 Å². The van der Waals surface area contributed by atoms with E-state index in [0.29, 0.717) is 23.7 Å². The number of rotatable bonds is 7. The van der Waals surface area contributed by atoms with Crippen molar-refractivity contribution < 1.29 is 22.7 Å². The summed E-state index contributed by atoms with van der Waals surface area (Å²) < 4.78 is 47.0. The highest BCUT2D eigenvalue weighted by Crippen LogP contribution is 2.38. The van der Waals surface area contributed by atoms with Gasteiger partial charge < -0.3 is 10.1 Å². The molecule has 0 atom stereocenters. The molecule has 9 nitrogen and oxygen atoms in total. The van der Waals surface area contributed by atoms with Crippen molar-refractivity contribution in [2.75, 3.05) is 11.9 Å². The molecule has 1 fully saturated rings. The second-order valence-electron chi connectivity index (χ2n) is 7.93. The number of ether oxygens (including phenoxy) is 1. The SMILES string of the molecule is CCO[C@H]1C[C@H](n2cc(NC(=O)c3csc(-c4c[nH]nc4C(F)(F)F)n3)c(-c3ccccn3)n2)C1. The number of H-pyrrole nitrogens is 1. The van der Waals surface area contributed by atoms with E-state index in [4.69, 9.17) is 4.74 Å². The molecule has 0 spiro atoms. The lowest BCUT2D eigenvalue weighted by molar-refractivity contribution is -0.140. The van der Waals surface area contributed by atoms with Gasteiger partial charge in [-0.25, -0.2) is 4.98 Å². The zero-order valence-corrected chi connectivity index (χ0v) is 19.2. The fourth-order valence-electron chi connectivity index (χ4n) is 3.85. The Bertz CT molecular complexity index is 1330. The molecule has 13 heteroatoms. The number of hydrogen-bond acceptors (Lipinski definition) is 7. The van der Waals surface area contributed by atoms with Gasteiger partial charge in [0, 0.05) is 30.6 Å². The monoisotopic (exact) mass is 503 g/mol. The van der Waals surface area contributed by atoms with Crippen LogP contribution in [0.2, 0.25) is 0 Å². The highest BCUT2D eigenvalue weighted by Gasteiger charge is 2.38. The maximum Gasteiger partial charge on any atom is 0.435 e. The third kappa shape index (κ3) is 4.68. The molecule has 4 aromatic rings. The van der Waals surface area contributed by atoms with E-state index in [1.54, 1.807) is 29.2 Å². The van der Waals surface area contributed by atoms with E-state index in [2.05, 4.69) is 30.6 Å². The summed E-state index contributed by atoms with van der Waals surface area (Å²) >= 11 is 0.926. The van der Waals surface area contributed by atoms with Crippen LogP contribution in [0.4, 0.5) is 18.9 Å². The first kappa shape index (κ1) is 23.2. The summed E-state index contributed by atoms with van der Waals surface area (Å²) in [6.07, 6.45) is 1.64. The van der Waals surface area contributed by atoms with Gasteiger partial charge in [0.15, 0.2) is 5.69 Å². The summed E-state index contributed by atoms with van der Waals surface area (Å²) in [4.78, 5) is 21.4. The lowest BCUT2D eigenvalue weighted by Gasteiger charge is -2.34. The number of carbonyl (C=O) groups excluding carboxylic acids is 1. The number of nitrogens with one attached hydrogen (secondary N) is 2. The number of pyridine rings is 1. The Balaban J connectivity index is 1.39. The minimum absolute atomic E-state index is 0.0147. The zero-order chi connectivity index (χ0) is 24.6. The third-order valence-corrected chi connectivity index (χ3v) is 6.49. The van der Waals surface area contributed by atoms with Gasteiger partial charge in [-0.2, -0.15) is 23.4 Å². The van der Waals surface area contributed by atoms with Crippen LogP contribution in [0.15, 0.2) is 42.2 Å². The molecule has 1 aliphatic rings. The summed E-state index contributed by atoms with van der Waals surface area (Å²) in [6, 6.07) is 5.51. The second kappa shape index (κ2) is 9.23. The summed E-state index contributed by atoms with van der Waals surface area (Å²) in [6.45, 7) is 2.60. The van der Waals surface area contributed by atoms with E-state index in [-0.39, 0.29) is 28.4 Å². The maximum atomic E-state index is 13.2. The van der Waals surface area contributed by atoms with Gasteiger partial charge in [0.2, 0.25) is 0 Å². The molecule has 4 aromatic heterocycles. The Kier molecular flexibility index (Phi) is 6.11. The van der Waals surface area contributed by atoms with Gasteiger partial charge in [0.05, 0.1) is 29.1 Å². The largest absolute Gasteiger partial charge is 0.435 e.